The minimum atomic E-state index is -0.102. The Morgan fingerprint density at radius 3 is 2.43 bits per heavy atom. The molecule has 1 aliphatic rings. The van der Waals surface area contributed by atoms with E-state index in [0.29, 0.717) is 13.1 Å². The fourth-order valence-corrected chi connectivity index (χ4v) is 5.42. The standard InChI is InChI=1S/C29H26BrN3O2/c1-3-28(35)32-15-22(16-32)31-27(34)18-33-17-26(25-14-21(30)13-19(2)29(25)33)24-12-8-7-11-23(24)20-9-5-4-6-10-20/h3-14,17,22H,1,15-16,18H2,2H3,(H,31,34). The van der Waals surface area contributed by atoms with Gasteiger partial charge < -0.3 is 14.8 Å². The van der Waals surface area contributed by atoms with Crippen LogP contribution in [0, 0.1) is 6.92 Å². The molecule has 3 aromatic carbocycles. The fourth-order valence-electron chi connectivity index (χ4n) is 4.85. The van der Waals surface area contributed by atoms with Gasteiger partial charge in [-0.15, -0.1) is 0 Å². The molecule has 4 aromatic rings. The van der Waals surface area contributed by atoms with Gasteiger partial charge in [0, 0.05) is 34.7 Å². The number of nitrogens with zero attached hydrogens (tertiary/aromatic N) is 2. The average molecular weight is 528 g/mol. The smallest absolute Gasteiger partial charge is 0.246 e. The Kier molecular flexibility index (Phi) is 6.31. The molecular formula is C29H26BrN3O2. The summed E-state index contributed by atoms with van der Waals surface area (Å²) in [5.41, 5.74) is 6.64. The van der Waals surface area contributed by atoms with Crippen LogP contribution in [0.4, 0.5) is 0 Å². The maximum Gasteiger partial charge on any atom is 0.246 e. The third-order valence-corrected chi connectivity index (χ3v) is 6.93. The van der Waals surface area contributed by atoms with Crippen LogP contribution >= 0.6 is 15.9 Å². The van der Waals surface area contributed by atoms with Crippen LogP contribution < -0.4 is 5.32 Å². The molecule has 0 atom stereocenters. The summed E-state index contributed by atoms with van der Waals surface area (Å²) in [5.74, 6) is -0.169. The molecule has 5 rings (SSSR count). The topological polar surface area (TPSA) is 54.3 Å². The zero-order valence-electron chi connectivity index (χ0n) is 19.5. The van der Waals surface area contributed by atoms with E-state index < -0.39 is 0 Å². The normalized spacial score (nSPS) is 13.5. The summed E-state index contributed by atoms with van der Waals surface area (Å²) in [4.78, 5) is 26.3. The summed E-state index contributed by atoms with van der Waals surface area (Å²) in [5, 5.41) is 4.16. The number of carbonyl (C=O) groups excluding carboxylic acids is 2. The summed E-state index contributed by atoms with van der Waals surface area (Å²) in [6, 6.07) is 22.9. The highest BCUT2D eigenvalue weighted by molar-refractivity contribution is 9.10. The van der Waals surface area contributed by atoms with Gasteiger partial charge in [-0.3, -0.25) is 9.59 Å². The van der Waals surface area contributed by atoms with E-state index in [9.17, 15) is 9.59 Å². The molecular weight excluding hydrogens is 502 g/mol. The number of carbonyl (C=O) groups is 2. The van der Waals surface area contributed by atoms with Gasteiger partial charge in [-0.1, -0.05) is 77.1 Å². The van der Waals surface area contributed by atoms with E-state index in [2.05, 4.69) is 89.5 Å². The average Bonchev–Trinajstić information content (AvgIpc) is 3.19. The number of likely N-dealkylation sites (tertiary alicyclic amines) is 1. The van der Waals surface area contributed by atoms with E-state index in [4.69, 9.17) is 0 Å². The van der Waals surface area contributed by atoms with Gasteiger partial charge in [0.1, 0.15) is 6.54 Å². The third kappa shape index (κ3) is 4.54. The Bertz CT molecular complexity index is 1440. The number of benzene rings is 3. The molecule has 176 valence electrons. The van der Waals surface area contributed by atoms with Crippen molar-refractivity contribution < 1.29 is 9.59 Å². The van der Waals surface area contributed by atoms with Gasteiger partial charge in [-0.05, 0) is 47.4 Å². The molecule has 0 unspecified atom stereocenters. The number of amides is 2. The van der Waals surface area contributed by atoms with Gasteiger partial charge in [-0.25, -0.2) is 0 Å². The molecule has 0 bridgehead atoms. The van der Waals surface area contributed by atoms with Gasteiger partial charge in [0.05, 0.1) is 11.6 Å². The predicted molar refractivity (Wildman–Crippen MR) is 144 cm³/mol. The minimum Gasteiger partial charge on any atom is -0.348 e. The molecule has 35 heavy (non-hydrogen) atoms. The summed E-state index contributed by atoms with van der Waals surface area (Å²) in [7, 11) is 0. The Morgan fingerprint density at radius 1 is 1.03 bits per heavy atom. The third-order valence-electron chi connectivity index (χ3n) is 6.48. The highest BCUT2D eigenvalue weighted by Gasteiger charge is 2.30. The second-order valence-corrected chi connectivity index (χ2v) is 9.83. The van der Waals surface area contributed by atoms with E-state index >= 15 is 0 Å². The first-order valence-electron chi connectivity index (χ1n) is 11.6. The number of aromatic nitrogens is 1. The molecule has 0 saturated carbocycles. The molecule has 1 fully saturated rings. The number of halogens is 1. The monoisotopic (exact) mass is 527 g/mol. The minimum absolute atomic E-state index is 0.0262. The molecule has 5 nitrogen and oxygen atoms in total. The van der Waals surface area contributed by atoms with Crippen molar-refractivity contribution >= 4 is 38.6 Å². The zero-order chi connectivity index (χ0) is 24.5. The van der Waals surface area contributed by atoms with Crippen molar-refractivity contribution in [2.45, 2.75) is 19.5 Å². The van der Waals surface area contributed by atoms with E-state index in [1.54, 1.807) is 4.90 Å². The van der Waals surface area contributed by atoms with Crippen LogP contribution in [0.5, 0.6) is 0 Å². The molecule has 2 amide bonds. The largest absolute Gasteiger partial charge is 0.348 e. The van der Waals surface area contributed by atoms with Crippen molar-refractivity contribution in [3.8, 4) is 22.3 Å². The van der Waals surface area contributed by atoms with Crippen LogP contribution in [0.15, 0.2) is 90.1 Å². The lowest BCUT2D eigenvalue weighted by Crippen LogP contribution is -2.61. The maximum absolute atomic E-state index is 13.0. The Labute approximate surface area is 213 Å². The van der Waals surface area contributed by atoms with Crippen LogP contribution in [0.25, 0.3) is 33.2 Å². The van der Waals surface area contributed by atoms with Crippen LogP contribution in [0.2, 0.25) is 0 Å². The summed E-state index contributed by atoms with van der Waals surface area (Å²) in [6.45, 7) is 6.83. The van der Waals surface area contributed by atoms with Crippen molar-refractivity contribution in [1.82, 2.24) is 14.8 Å². The van der Waals surface area contributed by atoms with Crippen LogP contribution in [-0.2, 0) is 16.1 Å². The molecule has 2 heterocycles. The number of fused-ring (bicyclic) bond motifs is 1. The molecule has 1 N–H and O–H groups in total. The van der Waals surface area contributed by atoms with E-state index in [1.807, 2.05) is 22.8 Å². The highest BCUT2D eigenvalue weighted by atomic mass is 79.9. The Morgan fingerprint density at radius 2 is 1.71 bits per heavy atom. The number of hydrogen-bond acceptors (Lipinski definition) is 2. The number of aryl methyl sites for hydroxylation is 1. The van der Waals surface area contributed by atoms with Crippen molar-refractivity contribution in [2.24, 2.45) is 0 Å². The van der Waals surface area contributed by atoms with Gasteiger partial charge in [0.25, 0.3) is 0 Å². The highest BCUT2D eigenvalue weighted by Crippen LogP contribution is 2.39. The van der Waals surface area contributed by atoms with E-state index in [0.717, 1.165) is 43.2 Å². The van der Waals surface area contributed by atoms with E-state index in [-0.39, 0.29) is 24.4 Å². The zero-order valence-corrected chi connectivity index (χ0v) is 21.1. The Balaban J connectivity index is 1.50. The van der Waals surface area contributed by atoms with Crippen molar-refractivity contribution in [2.75, 3.05) is 13.1 Å². The lowest BCUT2D eigenvalue weighted by molar-refractivity contribution is -0.133. The summed E-state index contributed by atoms with van der Waals surface area (Å²) >= 11 is 3.66. The van der Waals surface area contributed by atoms with Gasteiger partial charge >= 0.3 is 0 Å². The predicted octanol–water partition coefficient (Wildman–Crippen LogP) is 5.56. The maximum atomic E-state index is 13.0. The Hall–Kier alpha value is -3.64. The number of nitrogens with one attached hydrogen (secondary N) is 1. The van der Waals surface area contributed by atoms with E-state index in [1.165, 1.54) is 6.08 Å². The fraction of sp³-hybridized carbons (Fsp3) is 0.172. The van der Waals surface area contributed by atoms with Crippen LogP contribution in [0.3, 0.4) is 0 Å². The molecule has 1 aliphatic heterocycles. The number of hydrogen-bond donors (Lipinski definition) is 1. The lowest BCUT2D eigenvalue weighted by atomic mass is 9.94. The quantitative estimate of drug-likeness (QED) is 0.334. The van der Waals surface area contributed by atoms with Crippen LogP contribution in [-0.4, -0.2) is 40.4 Å². The van der Waals surface area contributed by atoms with Gasteiger partial charge in [0.15, 0.2) is 0 Å². The first-order chi connectivity index (χ1) is 16.9. The lowest BCUT2D eigenvalue weighted by Gasteiger charge is -2.38. The second-order valence-electron chi connectivity index (χ2n) is 8.91. The van der Waals surface area contributed by atoms with Gasteiger partial charge in [-0.2, -0.15) is 0 Å². The molecule has 6 heteroatoms. The SMILES string of the molecule is C=CC(=O)N1CC(NC(=O)Cn2cc(-c3ccccc3-c3ccccc3)c3cc(Br)cc(C)c32)C1. The van der Waals surface area contributed by atoms with Crippen molar-refractivity contribution in [1.29, 1.82) is 0 Å². The molecule has 1 saturated heterocycles. The molecule has 0 radical (unpaired) electrons. The van der Waals surface area contributed by atoms with Crippen molar-refractivity contribution in [3.05, 3.63) is 95.6 Å². The summed E-state index contributed by atoms with van der Waals surface area (Å²) < 4.78 is 3.04. The molecule has 0 spiro atoms. The van der Waals surface area contributed by atoms with Crippen molar-refractivity contribution in [3.63, 3.8) is 0 Å². The number of rotatable bonds is 6. The summed E-state index contributed by atoms with van der Waals surface area (Å²) in [6.07, 6.45) is 3.39. The second kappa shape index (κ2) is 9.55. The molecule has 0 aliphatic carbocycles. The van der Waals surface area contributed by atoms with Crippen LogP contribution in [0.1, 0.15) is 5.56 Å². The first-order valence-corrected chi connectivity index (χ1v) is 12.4. The first kappa shape index (κ1) is 23.1. The molecule has 1 aromatic heterocycles. The van der Waals surface area contributed by atoms with Gasteiger partial charge in [0.2, 0.25) is 11.8 Å².